The van der Waals surface area contributed by atoms with Gasteiger partial charge in [-0.1, -0.05) is 52.3 Å². The first-order valence-corrected chi connectivity index (χ1v) is 13.3. The molecule has 7 heteroatoms. The van der Waals surface area contributed by atoms with E-state index in [4.69, 9.17) is 15.2 Å². The molecule has 1 atom stereocenters. The Morgan fingerprint density at radius 3 is 2.17 bits per heavy atom. The van der Waals surface area contributed by atoms with E-state index in [1.54, 1.807) is 7.11 Å². The molecule has 204 valence electrons. The van der Waals surface area contributed by atoms with Gasteiger partial charge in [0.05, 0.1) is 6.10 Å². The number of nitrogens with two attached hydrogens (primary N) is 2. The number of hydrogen-bond donors (Lipinski definition) is 2. The van der Waals surface area contributed by atoms with Crippen molar-refractivity contribution in [2.75, 3.05) is 45.4 Å². The van der Waals surface area contributed by atoms with Crippen molar-refractivity contribution in [1.82, 2.24) is 0 Å². The van der Waals surface area contributed by atoms with E-state index in [-0.39, 0.29) is 64.1 Å². The van der Waals surface area contributed by atoms with Crippen LogP contribution >= 0.6 is 0 Å². The molecule has 0 radical (unpaired) electrons. The number of aryl methyl sites for hydroxylation is 1. The van der Waals surface area contributed by atoms with Gasteiger partial charge in [-0.15, -0.1) is 6.61 Å². The summed E-state index contributed by atoms with van der Waals surface area (Å²) >= 11 is 0. The molecule has 0 bridgehead atoms. The summed E-state index contributed by atoms with van der Waals surface area (Å²) in [7, 11) is 3.06. The molecular formula is C29H54KN3O3. The van der Waals surface area contributed by atoms with Crippen molar-refractivity contribution in [3.63, 3.8) is 0 Å². The molecule has 0 spiro atoms. The summed E-state index contributed by atoms with van der Waals surface area (Å²) in [6.45, 7) is 16.5. The minimum Gasteiger partial charge on any atom is -0.853 e. The van der Waals surface area contributed by atoms with E-state index in [1.807, 2.05) is 53.7 Å². The van der Waals surface area contributed by atoms with Gasteiger partial charge in [0.25, 0.3) is 0 Å². The summed E-state index contributed by atoms with van der Waals surface area (Å²) < 4.78 is 11.0. The van der Waals surface area contributed by atoms with Crippen molar-refractivity contribution in [1.29, 1.82) is 0 Å². The number of methoxy groups -OCH3 is 1. The molecule has 6 nitrogen and oxygen atoms in total. The predicted molar refractivity (Wildman–Crippen MR) is 151 cm³/mol. The fourth-order valence-corrected chi connectivity index (χ4v) is 3.88. The van der Waals surface area contributed by atoms with Gasteiger partial charge in [0.1, 0.15) is 12.4 Å². The van der Waals surface area contributed by atoms with Gasteiger partial charge in [-0.3, -0.25) is 0 Å². The maximum Gasteiger partial charge on any atom is 1.00 e. The molecule has 0 saturated heterocycles. The van der Waals surface area contributed by atoms with Crippen molar-refractivity contribution in [2.45, 2.75) is 86.7 Å². The van der Waals surface area contributed by atoms with E-state index in [9.17, 15) is 5.11 Å². The summed E-state index contributed by atoms with van der Waals surface area (Å²) in [5.74, 6) is 0.936. The number of ether oxygens (including phenoxy) is 2. The molecule has 0 aliphatic carbocycles. The maximum absolute atomic E-state index is 10.9. The van der Waals surface area contributed by atoms with Crippen LogP contribution in [0.1, 0.15) is 78.9 Å². The average Bonchev–Trinajstić information content (AvgIpc) is 2.90. The van der Waals surface area contributed by atoms with Crippen molar-refractivity contribution >= 4 is 5.69 Å². The van der Waals surface area contributed by atoms with Crippen molar-refractivity contribution < 1.29 is 66.0 Å². The van der Waals surface area contributed by atoms with Crippen LogP contribution in [0.5, 0.6) is 5.75 Å². The van der Waals surface area contributed by atoms with Gasteiger partial charge in [-0.05, 0) is 70.7 Å². The van der Waals surface area contributed by atoms with Crippen molar-refractivity contribution in [2.24, 2.45) is 11.5 Å². The number of allylic oxidation sites excluding steroid dienone is 3. The molecule has 2 aliphatic rings. The average molecular weight is 532 g/mol. The predicted octanol–water partition coefficient (Wildman–Crippen LogP) is 1.98. The SMILES string of the molecule is CC.CC.CC/C=C(/N)C=C(C)C.CN.COC(C[O-])COc1ccc2c3c1CCCN3CCC2.[K+]. The second-order valence-corrected chi connectivity index (χ2v) is 7.91. The zero-order valence-electron chi connectivity index (χ0n) is 25.1. The topological polar surface area (TPSA) is 96.8 Å². The Morgan fingerprint density at radius 1 is 1.08 bits per heavy atom. The number of benzene rings is 1. The van der Waals surface area contributed by atoms with Gasteiger partial charge in [0.2, 0.25) is 0 Å². The van der Waals surface area contributed by atoms with Crippen LogP contribution in [0.4, 0.5) is 5.69 Å². The number of nitrogens with zero attached hydrogens (tertiary/aromatic N) is 1. The molecule has 1 aromatic carbocycles. The number of rotatable bonds is 7. The van der Waals surface area contributed by atoms with Gasteiger partial charge in [-0.2, -0.15) is 0 Å². The van der Waals surface area contributed by atoms with Gasteiger partial charge >= 0.3 is 51.4 Å². The van der Waals surface area contributed by atoms with Crippen LogP contribution in [0.2, 0.25) is 0 Å². The van der Waals surface area contributed by atoms with Crippen LogP contribution in [0.15, 0.2) is 35.6 Å². The third-order valence-corrected chi connectivity index (χ3v) is 5.21. The summed E-state index contributed by atoms with van der Waals surface area (Å²) in [6.07, 6.45) is 9.30. The Kier molecular flexibility index (Phi) is 29.2. The fourth-order valence-electron chi connectivity index (χ4n) is 3.88. The first-order chi connectivity index (χ1) is 17.0. The maximum atomic E-state index is 10.9. The molecule has 36 heavy (non-hydrogen) atoms. The Hall–Kier alpha value is -0.384. The second-order valence-electron chi connectivity index (χ2n) is 7.91. The first kappa shape index (κ1) is 40.1. The van der Waals surface area contributed by atoms with Gasteiger partial charge in [0.15, 0.2) is 0 Å². The van der Waals surface area contributed by atoms with Gasteiger partial charge < -0.3 is 30.9 Å². The molecule has 0 saturated carbocycles. The molecular weight excluding hydrogens is 477 g/mol. The van der Waals surface area contributed by atoms with Gasteiger partial charge in [-0.25, -0.2) is 0 Å². The molecule has 0 aromatic heterocycles. The molecule has 0 amide bonds. The van der Waals surface area contributed by atoms with Crippen LogP contribution in [0, 0.1) is 0 Å². The van der Waals surface area contributed by atoms with Gasteiger partial charge in [0, 0.05) is 37.1 Å². The Labute approximate surface area is 265 Å². The van der Waals surface area contributed by atoms with Crippen LogP contribution in [0.3, 0.4) is 0 Å². The standard InChI is InChI=1S/C16H22NO3.C8H15N.2C2H6.CH5N.K/c1-19-13(10-18)11-20-15-7-6-12-4-2-8-17-9-3-5-14(15)16(12)17;1-4-5-8(9)6-7(2)3;3*1-2;/h6-7,13H,2-5,8-11H2,1H3;5-6H,4,9H2,1-3H3;2*1-2H3;2H2,1H3;/q-1;;;;;+1/b;8-5+;;;;. The summed E-state index contributed by atoms with van der Waals surface area (Å²) in [4.78, 5) is 2.49. The second kappa shape index (κ2) is 26.2. The molecule has 2 aliphatic heterocycles. The molecule has 1 aromatic rings. The van der Waals surface area contributed by atoms with Crippen LogP contribution < -0.4 is 77.6 Å². The largest absolute Gasteiger partial charge is 1.00 e. The van der Waals surface area contributed by atoms with E-state index < -0.39 is 0 Å². The fraction of sp³-hybridized carbons (Fsp3) is 0.655. The van der Waals surface area contributed by atoms with Crippen LogP contribution in [0.25, 0.3) is 0 Å². The van der Waals surface area contributed by atoms with E-state index in [2.05, 4.69) is 29.7 Å². The molecule has 2 heterocycles. The Morgan fingerprint density at radius 2 is 1.67 bits per heavy atom. The van der Waals surface area contributed by atoms with E-state index in [0.717, 1.165) is 37.4 Å². The molecule has 4 N–H and O–H groups in total. The number of anilines is 1. The molecule has 1 unspecified atom stereocenters. The quantitative estimate of drug-likeness (QED) is 0.413. The zero-order chi connectivity index (χ0) is 27.2. The third kappa shape index (κ3) is 15.1. The van der Waals surface area contributed by atoms with E-state index >= 15 is 0 Å². The van der Waals surface area contributed by atoms with E-state index in [0.29, 0.717) is 6.61 Å². The first-order valence-electron chi connectivity index (χ1n) is 13.3. The number of hydrogen-bond acceptors (Lipinski definition) is 6. The minimum atomic E-state index is -0.363. The summed E-state index contributed by atoms with van der Waals surface area (Å²) in [6, 6.07) is 4.26. The summed E-state index contributed by atoms with van der Waals surface area (Å²) in [5, 5.41) is 10.9. The minimum absolute atomic E-state index is 0. The smallest absolute Gasteiger partial charge is 0.853 e. The summed E-state index contributed by atoms with van der Waals surface area (Å²) in [5.41, 5.74) is 16.4. The zero-order valence-corrected chi connectivity index (χ0v) is 28.2. The molecule has 3 rings (SSSR count). The van der Waals surface area contributed by atoms with Crippen LogP contribution in [-0.4, -0.2) is 46.6 Å². The molecule has 0 fully saturated rings. The van der Waals surface area contributed by atoms with Crippen molar-refractivity contribution in [3.8, 4) is 5.75 Å². The third-order valence-electron chi connectivity index (χ3n) is 5.21. The Balaban J connectivity index is -0.000000581. The van der Waals surface area contributed by atoms with Crippen LogP contribution in [-0.2, 0) is 17.6 Å². The normalized spacial score (nSPS) is 13.6. The van der Waals surface area contributed by atoms with Crippen molar-refractivity contribution in [3.05, 3.63) is 46.7 Å². The van der Waals surface area contributed by atoms with E-state index in [1.165, 1.54) is 48.7 Å². The monoisotopic (exact) mass is 531 g/mol. The Bertz CT molecular complexity index is 714.